The van der Waals surface area contributed by atoms with Gasteiger partial charge in [0.05, 0.1) is 12.2 Å². The molecule has 1 aromatic carbocycles. The fourth-order valence-corrected chi connectivity index (χ4v) is 2.64. The summed E-state index contributed by atoms with van der Waals surface area (Å²) in [5, 5.41) is 0. The van der Waals surface area contributed by atoms with Crippen LogP contribution in [0.25, 0.3) is 0 Å². The van der Waals surface area contributed by atoms with E-state index in [4.69, 9.17) is 4.74 Å². The van der Waals surface area contributed by atoms with Crippen molar-refractivity contribution in [2.75, 3.05) is 18.1 Å². The third-order valence-electron chi connectivity index (χ3n) is 3.68. The summed E-state index contributed by atoms with van der Waals surface area (Å²) in [6.45, 7) is 4.93. The zero-order valence-corrected chi connectivity index (χ0v) is 12.0. The fourth-order valence-electron chi connectivity index (χ4n) is 2.64. The molecule has 1 aliphatic rings. The number of anilines is 2. The molecule has 5 nitrogen and oxygen atoms in total. The maximum Gasteiger partial charge on any atom is 0.166 e. The molecule has 0 amide bonds. The van der Waals surface area contributed by atoms with E-state index in [1.54, 1.807) is 18.2 Å². The van der Waals surface area contributed by atoms with E-state index in [1.165, 1.54) is 0 Å². The molecule has 3 rings (SSSR count). The summed E-state index contributed by atoms with van der Waals surface area (Å²) in [6, 6.07) is 7.37. The first kappa shape index (κ1) is 14.1. The van der Waals surface area contributed by atoms with Crippen LogP contribution in [0.4, 0.5) is 11.5 Å². The van der Waals surface area contributed by atoms with Gasteiger partial charge in [0.25, 0.3) is 0 Å². The molecule has 22 heavy (non-hydrogen) atoms. The monoisotopic (exact) mass is 296 g/mol. The number of rotatable bonds is 5. The summed E-state index contributed by atoms with van der Waals surface area (Å²) in [5.74, 6) is 1.43. The van der Waals surface area contributed by atoms with Crippen LogP contribution in [-0.4, -0.2) is 30.7 Å². The molecule has 5 heteroatoms. The van der Waals surface area contributed by atoms with Gasteiger partial charge in [-0.3, -0.25) is 9.59 Å². The van der Waals surface area contributed by atoms with Gasteiger partial charge in [0.2, 0.25) is 0 Å². The van der Waals surface area contributed by atoms with Crippen molar-refractivity contribution in [1.29, 1.82) is 0 Å². The Morgan fingerprint density at radius 3 is 2.86 bits per heavy atom. The van der Waals surface area contributed by atoms with Crippen LogP contribution in [0.1, 0.15) is 26.4 Å². The van der Waals surface area contributed by atoms with Crippen LogP contribution in [0, 0.1) is 0 Å². The van der Waals surface area contributed by atoms with Gasteiger partial charge in [-0.25, -0.2) is 0 Å². The number of fused-ring (bicyclic) bond motifs is 1. The lowest BCUT2D eigenvalue weighted by Gasteiger charge is -2.29. The first-order chi connectivity index (χ1) is 10.8. The standard InChI is InChI=1S/C17H16N2O3/c1-2-3-12-8-15(5-4-13(12)10-20)19-6-7-22-16-9-14(11-21)18-17(16)19/h2,4-5,8-11,18H,1,3,6-7H2. The molecule has 0 bridgehead atoms. The maximum absolute atomic E-state index is 11.1. The van der Waals surface area contributed by atoms with Crippen LogP contribution in [0.5, 0.6) is 5.75 Å². The summed E-state index contributed by atoms with van der Waals surface area (Å²) >= 11 is 0. The molecule has 1 N–H and O–H groups in total. The molecule has 1 aromatic heterocycles. The van der Waals surface area contributed by atoms with E-state index in [0.29, 0.717) is 36.6 Å². The largest absolute Gasteiger partial charge is 0.488 e. The van der Waals surface area contributed by atoms with Crippen LogP contribution in [0.2, 0.25) is 0 Å². The number of hydrogen-bond acceptors (Lipinski definition) is 4. The van der Waals surface area contributed by atoms with Crippen LogP contribution in [0.15, 0.2) is 36.9 Å². The number of carbonyl (C=O) groups excluding carboxylic acids is 2. The third kappa shape index (κ3) is 2.41. The number of aldehydes is 2. The van der Waals surface area contributed by atoms with Gasteiger partial charge in [-0.05, 0) is 30.2 Å². The van der Waals surface area contributed by atoms with E-state index in [0.717, 1.165) is 29.6 Å². The third-order valence-corrected chi connectivity index (χ3v) is 3.68. The average molecular weight is 296 g/mol. The number of allylic oxidation sites excluding steroid dienone is 1. The Morgan fingerprint density at radius 2 is 2.14 bits per heavy atom. The lowest BCUT2D eigenvalue weighted by molar-refractivity contribution is 0.111. The van der Waals surface area contributed by atoms with E-state index in [-0.39, 0.29) is 0 Å². The van der Waals surface area contributed by atoms with Crippen LogP contribution >= 0.6 is 0 Å². The molecule has 0 saturated carbocycles. The van der Waals surface area contributed by atoms with Crippen molar-refractivity contribution in [2.24, 2.45) is 0 Å². The number of benzene rings is 1. The van der Waals surface area contributed by atoms with E-state index in [9.17, 15) is 9.59 Å². The van der Waals surface area contributed by atoms with Gasteiger partial charge in [0.15, 0.2) is 17.9 Å². The molecular formula is C17H16N2O3. The first-order valence-electron chi connectivity index (χ1n) is 7.04. The Balaban J connectivity index is 2.03. The Kier molecular flexibility index (Phi) is 3.78. The Hall–Kier alpha value is -2.82. The second-order valence-corrected chi connectivity index (χ2v) is 5.05. The van der Waals surface area contributed by atoms with Crippen molar-refractivity contribution in [3.8, 4) is 5.75 Å². The molecule has 0 saturated heterocycles. The second kappa shape index (κ2) is 5.89. The Labute approximate surface area is 128 Å². The lowest BCUT2D eigenvalue weighted by atomic mass is 10.0. The Morgan fingerprint density at radius 1 is 1.27 bits per heavy atom. The number of H-pyrrole nitrogens is 1. The molecular weight excluding hydrogens is 280 g/mol. The summed E-state index contributed by atoms with van der Waals surface area (Å²) in [6.07, 6.45) is 4.02. The number of nitrogens with one attached hydrogen (secondary N) is 1. The van der Waals surface area contributed by atoms with Crippen molar-refractivity contribution >= 4 is 24.1 Å². The molecule has 112 valence electrons. The molecule has 0 atom stereocenters. The minimum atomic E-state index is 0.479. The van der Waals surface area contributed by atoms with Crippen molar-refractivity contribution in [2.45, 2.75) is 6.42 Å². The topological polar surface area (TPSA) is 62.4 Å². The highest BCUT2D eigenvalue weighted by Gasteiger charge is 2.22. The van der Waals surface area contributed by atoms with Gasteiger partial charge in [0, 0.05) is 17.3 Å². The summed E-state index contributed by atoms with van der Waals surface area (Å²) in [4.78, 5) is 27.2. The quantitative estimate of drug-likeness (QED) is 0.680. The maximum atomic E-state index is 11.1. The summed E-state index contributed by atoms with van der Waals surface area (Å²) < 4.78 is 5.58. The van der Waals surface area contributed by atoms with Gasteiger partial charge in [-0.2, -0.15) is 0 Å². The summed E-state index contributed by atoms with van der Waals surface area (Å²) in [7, 11) is 0. The highest BCUT2D eigenvalue weighted by atomic mass is 16.5. The van der Waals surface area contributed by atoms with Crippen LogP contribution < -0.4 is 9.64 Å². The zero-order valence-electron chi connectivity index (χ0n) is 12.0. The number of carbonyl (C=O) groups is 2. The fraction of sp³-hybridized carbons (Fsp3) is 0.176. The van der Waals surface area contributed by atoms with E-state index < -0.39 is 0 Å². The molecule has 0 aliphatic carbocycles. The number of hydrogen-bond donors (Lipinski definition) is 1. The van der Waals surface area contributed by atoms with Gasteiger partial charge in [0.1, 0.15) is 12.9 Å². The molecule has 2 aromatic rings. The number of nitrogens with zero attached hydrogens (tertiary/aromatic N) is 1. The summed E-state index contributed by atoms with van der Waals surface area (Å²) in [5.41, 5.74) is 3.02. The molecule has 0 unspecified atom stereocenters. The highest BCUT2D eigenvalue weighted by molar-refractivity contribution is 5.81. The van der Waals surface area contributed by atoms with Gasteiger partial charge >= 0.3 is 0 Å². The second-order valence-electron chi connectivity index (χ2n) is 5.05. The van der Waals surface area contributed by atoms with E-state index >= 15 is 0 Å². The van der Waals surface area contributed by atoms with Crippen LogP contribution in [0.3, 0.4) is 0 Å². The molecule has 0 radical (unpaired) electrons. The lowest BCUT2D eigenvalue weighted by Crippen LogP contribution is -2.28. The number of ether oxygens (including phenoxy) is 1. The highest BCUT2D eigenvalue weighted by Crippen LogP contribution is 2.36. The SMILES string of the molecule is C=CCc1cc(N2CCOc3cc(C=O)[nH]c32)ccc1C=O. The molecule has 0 fully saturated rings. The number of aromatic amines is 1. The van der Waals surface area contributed by atoms with E-state index in [1.807, 2.05) is 17.0 Å². The van der Waals surface area contributed by atoms with Gasteiger partial charge < -0.3 is 14.6 Å². The smallest absolute Gasteiger partial charge is 0.166 e. The predicted molar refractivity (Wildman–Crippen MR) is 84.4 cm³/mol. The average Bonchev–Trinajstić information content (AvgIpc) is 2.98. The zero-order chi connectivity index (χ0) is 15.5. The van der Waals surface area contributed by atoms with Crippen molar-refractivity contribution in [1.82, 2.24) is 4.98 Å². The van der Waals surface area contributed by atoms with Crippen LogP contribution in [-0.2, 0) is 6.42 Å². The van der Waals surface area contributed by atoms with E-state index in [2.05, 4.69) is 11.6 Å². The normalized spacial score (nSPS) is 13.2. The molecule has 0 spiro atoms. The van der Waals surface area contributed by atoms with Crippen molar-refractivity contribution in [3.63, 3.8) is 0 Å². The predicted octanol–water partition coefficient (Wildman–Crippen LogP) is 2.90. The minimum Gasteiger partial charge on any atom is -0.488 e. The Bertz CT molecular complexity index is 734. The van der Waals surface area contributed by atoms with Gasteiger partial charge in [-0.15, -0.1) is 6.58 Å². The van der Waals surface area contributed by atoms with Gasteiger partial charge in [-0.1, -0.05) is 6.08 Å². The minimum absolute atomic E-state index is 0.479. The number of aromatic nitrogens is 1. The molecule has 2 heterocycles. The van der Waals surface area contributed by atoms with Crippen molar-refractivity contribution < 1.29 is 14.3 Å². The first-order valence-corrected chi connectivity index (χ1v) is 7.04. The molecule has 1 aliphatic heterocycles. The van der Waals surface area contributed by atoms with Crippen molar-refractivity contribution in [3.05, 3.63) is 53.7 Å².